The fourth-order valence-corrected chi connectivity index (χ4v) is 3.36. The van der Waals surface area contributed by atoms with Crippen molar-refractivity contribution in [2.75, 3.05) is 0 Å². The van der Waals surface area contributed by atoms with Crippen LogP contribution in [0.15, 0.2) is 52.1 Å². The molecule has 2 aromatic heterocycles. The van der Waals surface area contributed by atoms with Gasteiger partial charge in [-0.15, -0.1) is 0 Å². The largest absolute Gasteiger partial charge is 0.330 e. The number of nitrogens with zero attached hydrogens (tertiary/aromatic N) is 3. The summed E-state index contributed by atoms with van der Waals surface area (Å²) >= 11 is 0. The van der Waals surface area contributed by atoms with E-state index in [2.05, 4.69) is 29.0 Å². The molecule has 2 aromatic carbocycles. The zero-order valence-corrected chi connectivity index (χ0v) is 14.8. The molecule has 0 radical (unpaired) electrons. The standard InChI is InChI=1S/C20H20N4O2/c1-3-4-11-24-18-16(19(25)22-20(24)26)23(2)17(21-18)15-10-9-13-7-5-6-8-14(13)12-15/h5-10,12H,3-4,11H2,1-2H3,(H,22,25,26). The van der Waals surface area contributed by atoms with E-state index in [0.29, 0.717) is 23.5 Å². The number of H-pyrrole nitrogens is 1. The molecule has 6 nitrogen and oxygen atoms in total. The van der Waals surface area contributed by atoms with Crippen LogP contribution < -0.4 is 11.2 Å². The van der Waals surface area contributed by atoms with Gasteiger partial charge in [0.2, 0.25) is 0 Å². The van der Waals surface area contributed by atoms with E-state index >= 15 is 0 Å². The average molecular weight is 348 g/mol. The van der Waals surface area contributed by atoms with Gasteiger partial charge in [-0.1, -0.05) is 49.7 Å². The van der Waals surface area contributed by atoms with Gasteiger partial charge in [-0.05, 0) is 23.3 Å². The van der Waals surface area contributed by atoms with E-state index in [9.17, 15) is 9.59 Å². The van der Waals surface area contributed by atoms with Crippen LogP contribution in [0.25, 0.3) is 33.3 Å². The Kier molecular flexibility index (Phi) is 3.95. The molecule has 0 fully saturated rings. The van der Waals surface area contributed by atoms with Gasteiger partial charge in [0.25, 0.3) is 5.56 Å². The molecule has 4 aromatic rings. The Morgan fingerprint density at radius 3 is 2.62 bits per heavy atom. The predicted octanol–water partition coefficient (Wildman–Crippen LogP) is 3.04. The molecule has 0 atom stereocenters. The van der Waals surface area contributed by atoms with Crippen molar-refractivity contribution in [3.8, 4) is 11.4 Å². The minimum atomic E-state index is -0.404. The molecule has 132 valence electrons. The number of nitrogens with one attached hydrogen (secondary N) is 1. The van der Waals surface area contributed by atoms with Crippen molar-refractivity contribution in [1.29, 1.82) is 0 Å². The smallest absolute Gasteiger partial charge is 0.321 e. The molecule has 0 aliphatic rings. The molecule has 26 heavy (non-hydrogen) atoms. The second kappa shape index (κ2) is 6.29. The molecular weight excluding hydrogens is 328 g/mol. The topological polar surface area (TPSA) is 72.7 Å². The number of rotatable bonds is 4. The lowest BCUT2D eigenvalue weighted by Gasteiger charge is -2.05. The highest BCUT2D eigenvalue weighted by Gasteiger charge is 2.17. The van der Waals surface area contributed by atoms with E-state index < -0.39 is 11.2 Å². The Morgan fingerprint density at radius 2 is 1.85 bits per heavy atom. The van der Waals surface area contributed by atoms with E-state index in [0.717, 1.165) is 29.2 Å². The first-order chi connectivity index (χ1) is 12.6. The van der Waals surface area contributed by atoms with Crippen LogP contribution >= 0.6 is 0 Å². The van der Waals surface area contributed by atoms with Crippen LogP contribution in [0.1, 0.15) is 19.8 Å². The van der Waals surface area contributed by atoms with Crippen LogP contribution in [0.4, 0.5) is 0 Å². The summed E-state index contributed by atoms with van der Waals surface area (Å²) in [5.74, 6) is 0.673. The predicted molar refractivity (Wildman–Crippen MR) is 103 cm³/mol. The second-order valence-electron chi connectivity index (χ2n) is 6.49. The van der Waals surface area contributed by atoms with Gasteiger partial charge in [-0.3, -0.25) is 14.3 Å². The molecule has 0 unspecified atom stereocenters. The maximum absolute atomic E-state index is 12.4. The molecule has 0 bridgehead atoms. The first-order valence-electron chi connectivity index (χ1n) is 8.79. The van der Waals surface area contributed by atoms with Crippen molar-refractivity contribution in [2.24, 2.45) is 7.05 Å². The second-order valence-corrected chi connectivity index (χ2v) is 6.49. The molecule has 4 rings (SSSR count). The van der Waals surface area contributed by atoms with E-state index in [1.807, 2.05) is 37.4 Å². The van der Waals surface area contributed by atoms with Gasteiger partial charge in [-0.2, -0.15) is 0 Å². The number of unbranched alkanes of at least 4 members (excludes halogenated alkanes) is 1. The van der Waals surface area contributed by atoms with Gasteiger partial charge < -0.3 is 4.57 Å². The van der Waals surface area contributed by atoms with E-state index in [1.165, 1.54) is 0 Å². The third-order valence-corrected chi connectivity index (χ3v) is 4.76. The summed E-state index contributed by atoms with van der Waals surface area (Å²) in [6.45, 7) is 2.60. The van der Waals surface area contributed by atoms with Gasteiger partial charge >= 0.3 is 5.69 Å². The van der Waals surface area contributed by atoms with Gasteiger partial charge in [0.1, 0.15) is 5.82 Å². The molecule has 0 aliphatic carbocycles. The lowest BCUT2D eigenvalue weighted by Crippen LogP contribution is -2.31. The summed E-state index contributed by atoms with van der Waals surface area (Å²) in [5, 5.41) is 2.25. The number of aromatic nitrogens is 4. The highest BCUT2D eigenvalue weighted by molar-refractivity contribution is 5.87. The summed E-state index contributed by atoms with van der Waals surface area (Å²) in [4.78, 5) is 31.7. The summed E-state index contributed by atoms with van der Waals surface area (Å²) < 4.78 is 3.32. The molecule has 2 heterocycles. The van der Waals surface area contributed by atoms with Gasteiger partial charge in [0, 0.05) is 19.2 Å². The van der Waals surface area contributed by atoms with Gasteiger partial charge in [0.05, 0.1) is 0 Å². The number of aryl methyl sites for hydroxylation is 2. The number of imidazole rings is 1. The third kappa shape index (κ3) is 2.54. The average Bonchev–Trinajstić information content (AvgIpc) is 2.99. The molecule has 6 heteroatoms. The quantitative estimate of drug-likeness (QED) is 0.616. The van der Waals surface area contributed by atoms with Crippen molar-refractivity contribution in [3.05, 3.63) is 63.3 Å². The normalized spacial score (nSPS) is 11.5. The minimum Gasteiger partial charge on any atom is -0.321 e. The highest BCUT2D eigenvalue weighted by atomic mass is 16.2. The Labute approximate surface area is 149 Å². The summed E-state index contributed by atoms with van der Waals surface area (Å²) in [6.07, 6.45) is 1.81. The molecule has 1 N–H and O–H groups in total. The minimum absolute atomic E-state index is 0.403. The van der Waals surface area contributed by atoms with Crippen molar-refractivity contribution in [2.45, 2.75) is 26.3 Å². The third-order valence-electron chi connectivity index (χ3n) is 4.76. The molecule has 0 aliphatic heterocycles. The van der Waals surface area contributed by atoms with Crippen molar-refractivity contribution < 1.29 is 0 Å². The first-order valence-corrected chi connectivity index (χ1v) is 8.79. The Morgan fingerprint density at radius 1 is 1.08 bits per heavy atom. The molecular formula is C20H20N4O2. The lowest BCUT2D eigenvalue weighted by molar-refractivity contribution is 0.613. The molecule has 0 saturated carbocycles. The maximum atomic E-state index is 12.4. The number of aromatic amines is 1. The molecule has 0 amide bonds. The number of hydrogen-bond donors (Lipinski definition) is 1. The number of hydrogen-bond acceptors (Lipinski definition) is 3. The SMILES string of the molecule is CCCCn1c(=O)[nH]c(=O)c2c1nc(-c1ccc3ccccc3c1)n2C. The molecule has 0 saturated heterocycles. The van der Waals surface area contributed by atoms with Crippen LogP contribution in [-0.4, -0.2) is 19.1 Å². The monoisotopic (exact) mass is 348 g/mol. The van der Waals surface area contributed by atoms with Crippen LogP contribution in [0.5, 0.6) is 0 Å². The summed E-state index contributed by atoms with van der Waals surface area (Å²) in [5.41, 5.74) is 0.969. The first kappa shape index (κ1) is 16.3. The van der Waals surface area contributed by atoms with Crippen LogP contribution in [0.3, 0.4) is 0 Å². The van der Waals surface area contributed by atoms with Crippen molar-refractivity contribution >= 4 is 21.9 Å². The van der Waals surface area contributed by atoms with E-state index in [4.69, 9.17) is 0 Å². The lowest BCUT2D eigenvalue weighted by atomic mass is 10.1. The fraction of sp³-hybridized carbons (Fsp3) is 0.250. The van der Waals surface area contributed by atoms with Crippen molar-refractivity contribution in [3.63, 3.8) is 0 Å². The number of benzene rings is 2. The molecule has 0 spiro atoms. The van der Waals surface area contributed by atoms with Crippen LogP contribution in [-0.2, 0) is 13.6 Å². The summed E-state index contributed by atoms with van der Waals surface area (Å²) in [7, 11) is 1.81. The Bertz CT molecular complexity index is 1230. The fourth-order valence-electron chi connectivity index (χ4n) is 3.36. The van der Waals surface area contributed by atoms with Gasteiger partial charge in [0.15, 0.2) is 11.2 Å². The van der Waals surface area contributed by atoms with Crippen molar-refractivity contribution in [1.82, 2.24) is 19.1 Å². The summed E-state index contributed by atoms with van der Waals surface area (Å²) in [6, 6.07) is 14.2. The zero-order valence-electron chi connectivity index (χ0n) is 14.8. The zero-order chi connectivity index (χ0) is 18.3. The highest BCUT2D eigenvalue weighted by Crippen LogP contribution is 2.25. The van der Waals surface area contributed by atoms with E-state index in [-0.39, 0.29) is 0 Å². The van der Waals surface area contributed by atoms with Gasteiger partial charge in [-0.25, -0.2) is 9.78 Å². The van der Waals surface area contributed by atoms with Crippen LogP contribution in [0, 0.1) is 0 Å². The van der Waals surface area contributed by atoms with E-state index in [1.54, 1.807) is 9.13 Å². The van der Waals surface area contributed by atoms with Crippen LogP contribution in [0.2, 0.25) is 0 Å². The maximum Gasteiger partial charge on any atom is 0.330 e. The Hall–Kier alpha value is -3.15. The Balaban J connectivity index is 1.98. The number of fused-ring (bicyclic) bond motifs is 2.